The molecule has 2 aliphatic rings. The van der Waals surface area contributed by atoms with Crippen molar-refractivity contribution in [3.05, 3.63) is 0 Å². The first kappa shape index (κ1) is 15.1. The molecule has 3 N–H and O–H groups in total. The molecule has 0 aromatic carbocycles. The topological polar surface area (TPSA) is 78.4 Å². The number of aliphatic carboxylic acids is 1. The highest BCUT2D eigenvalue weighted by Gasteiger charge is 2.30. The molecule has 0 heterocycles. The molecule has 0 radical (unpaired) electrons. The first-order valence-corrected chi connectivity index (χ1v) is 7.92. The maximum Gasteiger partial charge on any atom is 0.315 e. The summed E-state index contributed by atoms with van der Waals surface area (Å²) < 4.78 is 0. The van der Waals surface area contributed by atoms with Gasteiger partial charge in [0.2, 0.25) is 0 Å². The van der Waals surface area contributed by atoms with Crippen LogP contribution in [-0.4, -0.2) is 29.7 Å². The number of amides is 2. The maximum absolute atomic E-state index is 11.7. The van der Waals surface area contributed by atoms with Gasteiger partial charge in [0, 0.05) is 12.6 Å². The van der Waals surface area contributed by atoms with Crippen LogP contribution in [0.5, 0.6) is 0 Å². The van der Waals surface area contributed by atoms with Crippen molar-refractivity contribution in [3.63, 3.8) is 0 Å². The maximum atomic E-state index is 11.7. The van der Waals surface area contributed by atoms with Gasteiger partial charge >= 0.3 is 12.0 Å². The average Bonchev–Trinajstić information content (AvgIpc) is 3.05. The molecule has 0 bridgehead atoms. The van der Waals surface area contributed by atoms with Gasteiger partial charge in [-0.15, -0.1) is 0 Å². The van der Waals surface area contributed by atoms with Crippen molar-refractivity contribution in [2.24, 2.45) is 11.8 Å². The number of carboxylic acids is 1. The Hall–Kier alpha value is -1.26. The molecule has 0 saturated heterocycles. The molecule has 20 heavy (non-hydrogen) atoms. The molecule has 2 fully saturated rings. The normalized spacial score (nSPS) is 26.6. The fourth-order valence-corrected chi connectivity index (χ4v) is 3.47. The molecule has 2 amide bonds. The van der Waals surface area contributed by atoms with E-state index in [9.17, 15) is 9.59 Å². The van der Waals surface area contributed by atoms with Crippen molar-refractivity contribution in [2.45, 2.75) is 63.8 Å². The highest BCUT2D eigenvalue weighted by molar-refractivity contribution is 5.75. The van der Waals surface area contributed by atoms with E-state index in [1.807, 2.05) is 0 Å². The Labute approximate surface area is 120 Å². The summed E-state index contributed by atoms with van der Waals surface area (Å²) in [5.74, 6) is -0.167. The summed E-state index contributed by atoms with van der Waals surface area (Å²) in [6.07, 6.45) is 9.69. The summed E-state index contributed by atoms with van der Waals surface area (Å²) in [5, 5.41) is 14.7. The number of urea groups is 1. The zero-order valence-electron chi connectivity index (χ0n) is 12.1. The van der Waals surface area contributed by atoms with Gasteiger partial charge in [-0.05, 0) is 38.0 Å². The standard InChI is InChI=1S/C15H26N2O3/c18-14(19)12-7-8-13(10-12)17-15(20)16-9-3-6-11-4-1-2-5-11/h11-13H,1-10H2,(H,18,19)(H2,16,17,20)/t12-,13+/m1/s1. The fourth-order valence-electron chi connectivity index (χ4n) is 3.47. The Morgan fingerprint density at radius 1 is 1.10 bits per heavy atom. The van der Waals surface area contributed by atoms with Gasteiger partial charge in [-0.25, -0.2) is 4.79 Å². The zero-order valence-corrected chi connectivity index (χ0v) is 12.1. The molecule has 114 valence electrons. The molecule has 2 aliphatic carbocycles. The lowest BCUT2D eigenvalue weighted by Gasteiger charge is -2.14. The number of hydrogen-bond donors (Lipinski definition) is 3. The fraction of sp³-hybridized carbons (Fsp3) is 0.867. The summed E-state index contributed by atoms with van der Waals surface area (Å²) in [6, 6.07) is -0.126. The number of carboxylic acid groups (broad SMARTS) is 1. The Balaban J connectivity index is 1.53. The van der Waals surface area contributed by atoms with Crippen LogP contribution in [0.2, 0.25) is 0 Å². The second-order valence-electron chi connectivity index (χ2n) is 6.24. The van der Waals surface area contributed by atoms with Crippen molar-refractivity contribution >= 4 is 12.0 Å². The minimum atomic E-state index is -0.744. The SMILES string of the molecule is O=C(NCCCC1CCCC1)N[C@H]1CC[C@@H](C(=O)O)C1. The molecule has 0 spiro atoms. The van der Waals surface area contributed by atoms with E-state index in [1.165, 1.54) is 32.1 Å². The Bertz CT molecular complexity index is 340. The predicted octanol–water partition coefficient (Wildman–Crippen LogP) is 2.51. The van der Waals surface area contributed by atoms with Crippen LogP contribution >= 0.6 is 0 Å². The van der Waals surface area contributed by atoms with Crippen LogP contribution < -0.4 is 10.6 Å². The second kappa shape index (κ2) is 7.50. The minimum absolute atomic E-state index is 0.0194. The van der Waals surface area contributed by atoms with E-state index in [2.05, 4.69) is 10.6 Å². The van der Waals surface area contributed by atoms with E-state index in [1.54, 1.807) is 0 Å². The molecule has 5 nitrogen and oxygen atoms in total. The Morgan fingerprint density at radius 2 is 1.85 bits per heavy atom. The number of nitrogens with one attached hydrogen (secondary N) is 2. The molecule has 2 atom stereocenters. The van der Waals surface area contributed by atoms with Gasteiger partial charge in [0.1, 0.15) is 0 Å². The van der Waals surface area contributed by atoms with Crippen molar-refractivity contribution in [3.8, 4) is 0 Å². The molecule has 0 aromatic heterocycles. The van der Waals surface area contributed by atoms with Gasteiger partial charge in [0.05, 0.1) is 5.92 Å². The summed E-state index contributed by atoms with van der Waals surface area (Å²) >= 11 is 0. The summed E-state index contributed by atoms with van der Waals surface area (Å²) in [4.78, 5) is 22.5. The van der Waals surface area contributed by atoms with Crippen LogP contribution in [0.1, 0.15) is 57.8 Å². The van der Waals surface area contributed by atoms with Gasteiger partial charge in [-0.3, -0.25) is 4.79 Å². The molecule has 5 heteroatoms. The molecule has 0 unspecified atom stereocenters. The van der Waals surface area contributed by atoms with Crippen molar-refractivity contribution < 1.29 is 14.7 Å². The Kier molecular flexibility index (Phi) is 5.68. The zero-order chi connectivity index (χ0) is 14.4. The highest BCUT2D eigenvalue weighted by atomic mass is 16.4. The van der Waals surface area contributed by atoms with Gasteiger partial charge < -0.3 is 15.7 Å². The average molecular weight is 282 g/mol. The van der Waals surface area contributed by atoms with Gasteiger partial charge in [0.15, 0.2) is 0 Å². The van der Waals surface area contributed by atoms with Crippen LogP contribution in [0.3, 0.4) is 0 Å². The molecular formula is C15H26N2O3. The van der Waals surface area contributed by atoms with E-state index >= 15 is 0 Å². The third-order valence-corrected chi connectivity index (χ3v) is 4.67. The third-order valence-electron chi connectivity index (χ3n) is 4.67. The van der Waals surface area contributed by atoms with Crippen molar-refractivity contribution in [2.75, 3.05) is 6.54 Å². The third kappa shape index (κ3) is 4.69. The lowest BCUT2D eigenvalue weighted by Crippen LogP contribution is -2.41. The lowest BCUT2D eigenvalue weighted by molar-refractivity contribution is -0.141. The molecule has 0 aromatic rings. The van der Waals surface area contributed by atoms with E-state index in [-0.39, 0.29) is 18.0 Å². The van der Waals surface area contributed by atoms with Crippen LogP contribution in [0.4, 0.5) is 4.79 Å². The van der Waals surface area contributed by atoms with Crippen LogP contribution in [0.25, 0.3) is 0 Å². The second-order valence-corrected chi connectivity index (χ2v) is 6.24. The van der Waals surface area contributed by atoms with Crippen LogP contribution in [-0.2, 0) is 4.79 Å². The summed E-state index contributed by atoms with van der Waals surface area (Å²) in [5.41, 5.74) is 0. The quantitative estimate of drug-likeness (QED) is 0.655. The minimum Gasteiger partial charge on any atom is -0.481 e. The Morgan fingerprint density at radius 3 is 2.50 bits per heavy atom. The lowest BCUT2D eigenvalue weighted by atomic mass is 10.0. The van der Waals surface area contributed by atoms with Crippen LogP contribution in [0, 0.1) is 11.8 Å². The molecule has 0 aliphatic heterocycles. The first-order valence-electron chi connectivity index (χ1n) is 7.92. The number of carbonyl (C=O) groups is 2. The van der Waals surface area contributed by atoms with Crippen molar-refractivity contribution in [1.29, 1.82) is 0 Å². The monoisotopic (exact) mass is 282 g/mol. The number of rotatable bonds is 6. The summed E-state index contributed by atoms with van der Waals surface area (Å²) in [6.45, 7) is 0.720. The van der Waals surface area contributed by atoms with Gasteiger partial charge in [-0.2, -0.15) is 0 Å². The highest BCUT2D eigenvalue weighted by Crippen LogP contribution is 2.28. The van der Waals surface area contributed by atoms with Gasteiger partial charge in [0.25, 0.3) is 0 Å². The number of carbonyl (C=O) groups excluding carboxylic acids is 1. The molecule has 2 rings (SSSR count). The van der Waals surface area contributed by atoms with E-state index in [4.69, 9.17) is 5.11 Å². The molecular weight excluding hydrogens is 256 g/mol. The van der Waals surface area contributed by atoms with E-state index in [0.29, 0.717) is 12.8 Å². The van der Waals surface area contributed by atoms with Crippen LogP contribution in [0.15, 0.2) is 0 Å². The molecule has 2 saturated carbocycles. The first-order chi connectivity index (χ1) is 9.65. The smallest absolute Gasteiger partial charge is 0.315 e. The van der Waals surface area contributed by atoms with E-state index in [0.717, 1.165) is 25.3 Å². The van der Waals surface area contributed by atoms with Gasteiger partial charge in [-0.1, -0.05) is 25.7 Å². The largest absolute Gasteiger partial charge is 0.481 e. The van der Waals surface area contributed by atoms with E-state index < -0.39 is 5.97 Å². The van der Waals surface area contributed by atoms with Crippen molar-refractivity contribution in [1.82, 2.24) is 10.6 Å². The summed E-state index contributed by atoms with van der Waals surface area (Å²) in [7, 11) is 0. The predicted molar refractivity (Wildman–Crippen MR) is 76.5 cm³/mol. The number of hydrogen-bond acceptors (Lipinski definition) is 2.